The van der Waals surface area contributed by atoms with Crippen LogP contribution in [0.4, 0.5) is 0 Å². The number of halogens is 2. The molecule has 0 aliphatic heterocycles. The first-order chi connectivity index (χ1) is 9.06. The van der Waals surface area contributed by atoms with E-state index in [1.54, 1.807) is 6.92 Å². The zero-order valence-electron chi connectivity index (χ0n) is 10.4. The zero-order valence-corrected chi connectivity index (χ0v) is 12.8. The summed E-state index contributed by atoms with van der Waals surface area (Å²) in [5.41, 5.74) is 1.80. The Morgan fingerprint density at radius 1 is 1.21 bits per heavy atom. The zero-order chi connectivity index (χ0) is 13.8. The topological polar surface area (TPSA) is 29.5 Å². The number of aliphatic hydroxyl groups is 1. The van der Waals surface area contributed by atoms with Crippen LogP contribution in [0.3, 0.4) is 0 Å². The number of benzene rings is 2. The summed E-state index contributed by atoms with van der Waals surface area (Å²) in [5, 5.41) is 10.4. The molecule has 0 aliphatic carbocycles. The Labute approximate surface area is 126 Å². The van der Waals surface area contributed by atoms with E-state index in [1.165, 1.54) is 0 Å². The van der Waals surface area contributed by atoms with E-state index >= 15 is 0 Å². The van der Waals surface area contributed by atoms with Crippen molar-refractivity contribution < 1.29 is 9.84 Å². The Kier molecular flexibility index (Phi) is 4.86. The summed E-state index contributed by atoms with van der Waals surface area (Å²) < 4.78 is 6.69. The molecule has 0 spiro atoms. The van der Waals surface area contributed by atoms with Gasteiger partial charge in [-0.2, -0.15) is 0 Å². The van der Waals surface area contributed by atoms with E-state index in [2.05, 4.69) is 15.9 Å². The summed E-state index contributed by atoms with van der Waals surface area (Å²) in [5.74, 6) is 0.680. The highest BCUT2D eigenvalue weighted by molar-refractivity contribution is 9.10. The number of ether oxygens (including phenoxy) is 1. The fourth-order valence-corrected chi connectivity index (χ4v) is 2.19. The summed E-state index contributed by atoms with van der Waals surface area (Å²) >= 11 is 9.24. The lowest BCUT2D eigenvalue weighted by Crippen LogP contribution is -2.01. The first-order valence-electron chi connectivity index (χ1n) is 5.91. The fraction of sp³-hybridized carbons (Fsp3) is 0.200. The van der Waals surface area contributed by atoms with Crippen molar-refractivity contribution in [3.63, 3.8) is 0 Å². The fourth-order valence-electron chi connectivity index (χ4n) is 1.72. The van der Waals surface area contributed by atoms with Gasteiger partial charge in [0, 0.05) is 15.1 Å². The third-order valence-electron chi connectivity index (χ3n) is 2.73. The molecule has 19 heavy (non-hydrogen) atoms. The molecule has 2 aromatic carbocycles. The van der Waals surface area contributed by atoms with Crippen molar-refractivity contribution in [1.29, 1.82) is 0 Å². The van der Waals surface area contributed by atoms with Crippen LogP contribution < -0.4 is 4.74 Å². The molecule has 2 rings (SSSR count). The van der Waals surface area contributed by atoms with Gasteiger partial charge in [0.15, 0.2) is 0 Å². The van der Waals surface area contributed by atoms with E-state index in [4.69, 9.17) is 16.3 Å². The predicted octanol–water partition coefficient (Wildman–Crippen LogP) is 4.73. The molecule has 2 aromatic rings. The molecule has 0 amide bonds. The first kappa shape index (κ1) is 14.4. The Morgan fingerprint density at radius 3 is 2.53 bits per heavy atom. The molecule has 0 saturated heterocycles. The molecule has 0 aliphatic rings. The standard InChI is InChI=1S/C15H14BrClO2/c1-10(18)14-7-4-12(16)8-15(14)19-9-11-2-5-13(17)6-3-11/h2-8,10,18H,9H2,1H3/t10-/m1/s1. The van der Waals surface area contributed by atoms with Crippen molar-refractivity contribution in [2.24, 2.45) is 0 Å². The van der Waals surface area contributed by atoms with Gasteiger partial charge in [0.25, 0.3) is 0 Å². The molecule has 4 heteroatoms. The van der Waals surface area contributed by atoms with E-state index < -0.39 is 6.10 Å². The molecule has 100 valence electrons. The highest BCUT2D eigenvalue weighted by atomic mass is 79.9. The van der Waals surface area contributed by atoms with Crippen molar-refractivity contribution >= 4 is 27.5 Å². The van der Waals surface area contributed by atoms with Crippen LogP contribution >= 0.6 is 27.5 Å². The smallest absolute Gasteiger partial charge is 0.126 e. The Bertz CT molecular complexity index is 553. The summed E-state index contributed by atoms with van der Waals surface area (Å²) in [6, 6.07) is 13.1. The minimum Gasteiger partial charge on any atom is -0.488 e. The number of rotatable bonds is 4. The maximum absolute atomic E-state index is 9.72. The van der Waals surface area contributed by atoms with E-state index in [0.717, 1.165) is 15.6 Å². The van der Waals surface area contributed by atoms with Gasteiger partial charge < -0.3 is 9.84 Å². The van der Waals surface area contributed by atoms with Gasteiger partial charge in [0.2, 0.25) is 0 Å². The molecule has 1 N–H and O–H groups in total. The number of hydrogen-bond donors (Lipinski definition) is 1. The molecule has 0 heterocycles. The quantitative estimate of drug-likeness (QED) is 0.870. The summed E-state index contributed by atoms with van der Waals surface area (Å²) in [4.78, 5) is 0. The molecule has 0 bridgehead atoms. The highest BCUT2D eigenvalue weighted by Crippen LogP contribution is 2.29. The second kappa shape index (κ2) is 6.42. The Balaban J connectivity index is 2.14. The van der Waals surface area contributed by atoms with Crippen LogP contribution in [0.2, 0.25) is 5.02 Å². The van der Waals surface area contributed by atoms with Gasteiger partial charge in [-0.3, -0.25) is 0 Å². The lowest BCUT2D eigenvalue weighted by Gasteiger charge is -2.14. The van der Waals surface area contributed by atoms with Crippen molar-refractivity contribution in [2.45, 2.75) is 19.6 Å². The van der Waals surface area contributed by atoms with Gasteiger partial charge in [-0.15, -0.1) is 0 Å². The van der Waals surface area contributed by atoms with Crippen LogP contribution in [0.15, 0.2) is 46.9 Å². The molecule has 0 saturated carbocycles. The van der Waals surface area contributed by atoms with E-state index in [-0.39, 0.29) is 0 Å². The third-order valence-corrected chi connectivity index (χ3v) is 3.48. The van der Waals surface area contributed by atoms with Gasteiger partial charge in [0.1, 0.15) is 12.4 Å². The average molecular weight is 342 g/mol. The Morgan fingerprint density at radius 2 is 1.89 bits per heavy atom. The lowest BCUT2D eigenvalue weighted by atomic mass is 10.1. The second-order valence-corrected chi connectivity index (χ2v) is 5.63. The van der Waals surface area contributed by atoms with Gasteiger partial charge in [-0.05, 0) is 36.8 Å². The average Bonchev–Trinajstić information content (AvgIpc) is 2.38. The van der Waals surface area contributed by atoms with Crippen molar-refractivity contribution in [2.75, 3.05) is 0 Å². The van der Waals surface area contributed by atoms with Crippen LogP contribution in [0.25, 0.3) is 0 Å². The first-order valence-corrected chi connectivity index (χ1v) is 7.08. The minimum atomic E-state index is -0.562. The molecule has 0 fully saturated rings. The van der Waals surface area contributed by atoms with Gasteiger partial charge in [-0.25, -0.2) is 0 Å². The normalized spacial score (nSPS) is 12.2. The molecular formula is C15H14BrClO2. The minimum absolute atomic E-state index is 0.438. The molecule has 1 atom stereocenters. The van der Waals surface area contributed by atoms with Gasteiger partial charge in [-0.1, -0.05) is 45.7 Å². The Hall–Kier alpha value is -1.03. The molecule has 2 nitrogen and oxygen atoms in total. The van der Waals surface area contributed by atoms with Crippen LogP contribution in [0.5, 0.6) is 5.75 Å². The van der Waals surface area contributed by atoms with Crippen molar-refractivity contribution in [1.82, 2.24) is 0 Å². The maximum Gasteiger partial charge on any atom is 0.126 e. The van der Waals surface area contributed by atoms with E-state index in [9.17, 15) is 5.11 Å². The van der Waals surface area contributed by atoms with E-state index in [1.807, 2.05) is 42.5 Å². The molecule has 0 aromatic heterocycles. The molecular weight excluding hydrogens is 328 g/mol. The predicted molar refractivity (Wildman–Crippen MR) is 80.6 cm³/mol. The largest absolute Gasteiger partial charge is 0.488 e. The summed E-state index contributed by atoms with van der Waals surface area (Å²) in [6.45, 7) is 2.16. The lowest BCUT2D eigenvalue weighted by molar-refractivity contribution is 0.190. The summed E-state index contributed by atoms with van der Waals surface area (Å²) in [7, 11) is 0. The van der Waals surface area contributed by atoms with Gasteiger partial charge in [0.05, 0.1) is 6.10 Å². The van der Waals surface area contributed by atoms with Crippen molar-refractivity contribution in [3.05, 3.63) is 63.1 Å². The third kappa shape index (κ3) is 3.96. The summed E-state index contributed by atoms with van der Waals surface area (Å²) in [6.07, 6.45) is -0.562. The van der Waals surface area contributed by atoms with Crippen molar-refractivity contribution in [3.8, 4) is 5.75 Å². The van der Waals surface area contributed by atoms with Crippen LogP contribution in [-0.2, 0) is 6.61 Å². The SMILES string of the molecule is C[C@@H](O)c1ccc(Br)cc1OCc1ccc(Cl)cc1. The highest BCUT2D eigenvalue weighted by Gasteiger charge is 2.09. The van der Waals surface area contributed by atoms with Crippen LogP contribution in [-0.4, -0.2) is 5.11 Å². The van der Waals surface area contributed by atoms with Crippen LogP contribution in [0.1, 0.15) is 24.2 Å². The van der Waals surface area contributed by atoms with Crippen LogP contribution in [0, 0.1) is 0 Å². The van der Waals surface area contributed by atoms with E-state index in [0.29, 0.717) is 17.4 Å². The number of aliphatic hydroxyl groups excluding tert-OH is 1. The molecule has 0 radical (unpaired) electrons. The number of hydrogen-bond acceptors (Lipinski definition) is 2. The maximum atomic E-state index is 9.72. The van der Waals surface area contributed by atoms with Gasteiger partial charge >= 0.3 is 0 Å². The monoisotopic (exact) mass is 340 g/mol. The molecule has 0 unspecified atom stereocenters. The second-order valence-electron chi connectivity index (χ2n) is 4.27.